The van der Waals surface area contributed by atoms with E-state index >= 15 is 0 Å². The molecule has 10 nitrogen and oxygen atoms in total. The topological polar surface area (TPSA) is 134 Å². The van der Waals surface area contributed by atoms with Gasteiger partial charge in [0.25, 0.3) is 0 Å². The summed E-state index contributed by atoms with van der Waals surface area (Å²) in [6, 6.07) is 2.47. The van der Waals surface area contributed by atoms with Crippen molar-refractivity contribution >= 4 is 23.9 Å². The minimum atomic E-state index is -1.11. The van der Waals surface area contributed by atoms with E-state index in [1.165, 1.54) is 31.1 Å². The molecule has 0 aliphatic heterocycles. The zero-order chi connectivity index (χ0) is 25.3. The summed E-state index contributed by atoms with van der Waals surface area (Å²) in [5.41, 5.74) is 0.219. The highest BCUT2D eigenvalue weighted by Gasteiger charge is 2.34. The van der Waals surface area contributed by atoms with Crippen molar-refractivity contribution in [2.24, 2.45) is 0 Å². The fourth-order valence-electron chi connectivity index (χ4n) is 3.05. The van der Waals surface area contributed by atoms with Crippen molar-refractivity contribution in [1.29, 1.82) is 0 Å². The SMILES string of the molecule is CCCN(C(=O)C(C)NC(=O)OC(C)(C)C)C(C(=O)NCC(=O)OC)c1ccc(O)c(C)c1. The highest BCUT2D eigenvalue weighted by Crippen LogP contribution is 2.27. The number of aryl methyl sites for hydroxylation is 1. The quantitative estimate of drug-likeness (QED) is 0.476. The molecular formula is C23H35N3O7. The lowest BCUT2D eigenvalue weighted by atomic mass is 10.00. The molecule has 0 radical (unpaired) electrons. The Labute approximate surface area is 194 Å². The summed E-state index contributed by atoms with van der Waals surface area (Å²) in [6.45, 7) is 9.96. The lowest BCUT2D eigenvalue weighted by Crippen LogP contribution is -2.52. The fourth-order valence-corrected chi connectivity index (χ4v) is 3.05. The Morgan fingerprint density at radius 3 is 2.33 bits per heavy atom. The molecule has 0 saturated heterocycles. The van der Waals surface area contributed by atoms with Gasteiger partial charge in [0.15, 0.2) is 0 Å². The molecule has 2 atom stereocenters. The molecule has 2 unspecified atom stereocenters. The van der Waals surface area contributed by atoms with Crippen molar-refractivity contribution in [1.82, 2.24) is 15.5 Å². The van der Waals surface area contributed by atoms with E-state index in [4.69, 9.17) is 4.74 Å². The van der Waals surface area contributed by atoms with Crippen molar-refractivity contribution in [2.75, 3.05) is 20.2 Å². The van der Waals surface area contributed by atoms with E-state index in [0.29, 0.717) is 17.5 Å². The molecule has 0 saturated carbocycles. The second-order valence-corrected chi connectivity index (χ2v) is 8.64. The third kappa shape index (κ3) is 8.63. The first kappa shape index (κ1) is 27.7. The van der Waals surface area contributed by atoms with Gasteiger partial charge in [-0.15, -0.1) is 0 Å². The molecule has 10 heteroatoms. The van der Waals surface area contributed by atoms with E-state index in [-0.39, 0.29) is 18.8 Å². The van der Waals surface area contributed by atoms with Gasteiger partial charge in [0.2, 0.25) is 11.8 Å². The highest BCUT2D eigenvalue weighted by atomic mass is 16.6. The summed E-state index contributed by atoms with van der Waals surface area (Å²) in [5.74, 6) is -1.71. The second-order valence-electron chi connectivity index (χ2n) is 8.64. The second kappa shape index (κ2) is 12.1. The smallest absolute Gasteiger partial charge is 0.408 e. The van der Waals surface area contributed by atoms with Crippen LogP contribution in [0.4, 0.5) is 4.79 Å². The molecule has 0 heterocycles. The van der Waals surface area contributed by atoms with Crippen molar-refractivity contribution in [3.63, 3.8) is 0 Å². The summed E-state index contributed by atoms with van der Waals surface area (Å²) in [5, 5.41) is 14.9. The Kier molecular flexibility index (Phi) is 10.2. The van der Waals surface area contributed by atoms with Crippen LogP contribution >= 0.6 is 0 Å². The zero-order valence-corrected chi connectivity index (χ0v) is 20.4. The van der Waals surface area contributed by atoms with Crippen LogP contribution in [0.25, 0.3) is 0 Å². The first-order valence-electron chi connectivity index (χ1n) is 10.7. The number of aromatic hydroxyl groups is 1. The van der Waals surface area contributed by atoms with E-state index in [0.717, 1.165) is 0 Å². The Morgan fingerprint density at radius 1 is 1.18 bits per heavy atom. The van der Waals surface area contributed by atoms with Gasteiger partial charge in [-0.2, -0.15) is 0 Å². The number of hydrogen-bond donors (Lipinski definition) is 3. The van der Waals surface area contributed by atoms with Crippen molar-refractivity contribution < 1.29 is 33.8 Å². The minimum absolute atomic E-state index is 0.0424. The molecule has 1 rings (SSSR count). The summed E-state index contributed by atoms with van der Waals surface area (Å²) in [4.78, 5) is 51.5. The van der Waals surface area contributed by atoms with Gasteiger partial charge >= 0.3 is 12.1 Å². The van der Waals surface area contributed by atoms with Crippen LogP contribution in [0.5, 0.6) is 5.75 Å². The highest BCUT2D eigenvalue weighted by molar-refractivity contribution is 5.93. The molecule has 1 aromatic carbocycles. The number of nitrogens with one attached hydrogen (secondary N) is 2. The molecule has 0 bridgehead atoms. The summed E-state index contributed by atoms with van der Waals surface area (Å²) < 4.78 is 9.79. The molecule has 184 valence electrons. The lowest BCUT2D eigenvalue weighted by Gasteiger charge is -2.33. The maximum absolute atomic E-state index is 13.3. The average molecular weight is 466 g/mol. The van der Waals surface area contributed by atoms with Gasteiger partial charge in [-0.25, -0.2) is 4.79 Å². The maximum Gasteiger partial charge on any atom is 0.408 e. The number of hydrogen-bond acceptors (Lipinski definition) is 7. The number of rotatable bonds is 9. The standard InChI is InChI=1S/C23H35N3O7/c1-8-11-26(21(30)15(3)25-22(31)33-23(4,5)6)19(20(29)24-13-18(28)32-7)16-9-10-17(27)14(2)12-16/h9-10,12,15,19,27H,8,11,13H2,1-7H3,(H,24,29)(H,25,31). The number of alkyl carbamates (subject to hydrolysis) is 1. The van der Waals surface area contributed by atoms with E-state index in [1.54, 1.807) is 33.8 Å². The van der Waals surface area contributed by atoms with Crippen molar-refractivity contribution in [2.45, 2.75) is 65.6 Å². The predicted octanol–water partition coefficient (Wildman–Crippen LogP) is 2.18. The van der Waals surface area contributed by atoms with E-state index in [2.05, 4.69) is 15.4 Å². The number of phenolic OH excluding ortho intramolecular Hbond substituents is 1. The zero-order valence-electron chi connectivity index (χ0n) is 20.4. The lowest BCUT2D eigenvalue weighted by molar-refractivity contribution is -0.144. The van der Waals surface area contributed by atoms with E-state index in [1.807, 2.05) is 6.92 Å². The number of carbonyl (C=O) groups excluding carboxylic acids is 4. The van der Waals surface area contributed by atoms with Crippen LogP contribution in [-0.2, 0) is 23.9 Å². The first-order chi connectivity index (χ1) is 15.3. The van der Waals surface area contributed by atoms with Crippen LogP contribution in [0.15, 0.2) is 18.2 Å². The Bertz CT molecular complexity index is 864. The molecule has 0 spiro atoms. The Hall–Kier alpha value is -3.30. The largest absolute Gasteiger partial charge is 0.508 e. The molecule has 0 aliphatic carbocycles. The van der Waals surface area contributed by atoms with Crippen LogP contribution in [0.3, 0.4) is 0 Å². The summed E-state index contributed by atoms with van der Waals surface area (Å²) >= 11 is 0. The van der Waals surface area contributed by atoms with Gasteiger partial charge in [-0.05, 0) is 64.3 Å². The molecule has 1 aromatic rings. The minimum Gasteiger partial charge on any atom is -0.508 e. The number of ether oxygens (including phenoxy) is 2. The molecule has 0 fully saturated rings. The molecule has 0 aliphatic rings. The number of benzene rings is 1. The molecule has 3 amide bonds. The van der Waals surface area contributed by atoms with Gasteiger partial charge in [-0.3, -0.25) is 14.4 Å². The van der Waals surface area contributed by atoms with Crippen LogP contribution in [0.2, 0.25) is 0 Å². The molecular weight excluding hydrogens is 430 g/mol. The monoisotopic (exact) mass is 465 g/mol. The van der Waals surface area contributed by atoms with Crippen LogP contribution in [-0.4, -0.2) is 65.7 Å². The van der Waals surface area contributed by atoms with Gasteiger partial charge in [0, 0.05) is 6.54 Å². The first-order valence-corrected chi connectivity index (χ1v) is 10.7. The predicted molar refractivity (Wildman–Crippen MR) is 121 cm³/mol. The van der Waals surface area contributed by atoms with E-state index < -0.39 is 41.6 Å². The van der Waals surface area contributed by atoms with E-state index in [9.17, 15) is 24.3 Å². The van der Waals surface area contributed by atoms with Gasteiger partial charge in [-0.1, -0.05) is 13.0 Å². The van der Waals surface area contributed by atoms with Crippen LogP contribution in [0.1, 0.15) is 58.2 Å². The fraction of sp³-hybridized carbons (Fsp3) is 0.565. The summed E-state index contributed by atoms with van der Waals surface area (Å²) in [6.07, 6.45) is -0.227. The number of methoxy groups -OCH3 is 1. The Morgan fingerprint density at radius 2 is 1.82 bits per heavy atom. The number of esters is 1. The third-order valence-electron chi connectivity index (χ3n) is 4.58. The van der Waals surface area contributed by atoms with Crippen molar-refractivity contribution in [3.05, 3.63) is 29.3 Å². The van der Waals surface area contributed by atoms with Crippen LogP contribution in [0, 0.1) is 6.92 Å². The number of nitrogens with zero attached hydrogens (tertiary/aromatic N) is 1. The van der Waals surface area contributed by atoms with Gasteiger partial charge < -0.3 is 30.1 Å². The normalized spacial score (nSPS) is 12.8. The van der Waals surface area contributed by atoms with Gasteiger partial charge in [0.1, 0.15) is 30.0 Å². The maximum atomic E-state index is 13.3. The summed E-state index contributed by atoms with van der Waals surface area (Å²) in [7, 11) is 1.20. The number of carbonyl (C=O) groups is 4. The van der Waals surface area contributed by atoms with Crippen molar-refractivity contribution in [3.8, 4) is 5.75 Å². The van der Waals surface area contributed by atoms with Crippen LogP contribution < -0.4 is 10.6 Å². The molecule has 3 N–H and O–H groups in total. The molecule has 33 heavy (non-hydrogen) atoms. The molecule has 0 aromatic heterocycles. The number of phenols is 1. The van der Waals surface area contributed by atoms with Gasteiger partial charge in [0.05, 0.1) is 7.11 Å². The third-order valence-corrected chi connectivity index (χ3v) is 4.58. The average Bonchev–Trinajstić information content (AvgIpc) is 2.71. The Balaban J connectivity index is 3.28. The number of amides is 3.